The van der Waals surface area contributed by atoms with Gasteiger partial charge in [-0.25, -0.2) is 9.97 Å². The number of hydrogen-bond acceptors (Lipinski definition) is 4. The standard InChI is InChI=1S/C9H12Cl2N4O/c1-2-3-5(12)9(16)15-6-7(10)13-4-14-8(6)11/h4-5H,2-3,12H2,1H3,(H,15,16). The van der Waals surface area contributed by atoms with Crippen molar-refractivity contribution in [2.75, 3.05) is 5.32 Å². The molecule has 0 bridgehead atoms. The Morgan fingerprint density at radius 2 is 2.06 bits per heavy atom. The Hall–Kier alpha value is -0.910. The molecule has 5 nitrogen and oxygen atoms in total. The van der Waals surface area contributed by atoms with Crippen LogP contribution >= 0.6 is 23.2 Å². The van der Waals surface area contributed by atoms with Gasteiger partial charge in [0.05, 0.1) is 6.04 Å². The topological polar surface area (TPSA) is 80.9 Å². The summed E-state index contributed by atoms with van der Waals surface area (Å²) in [6, 6.07) is -0.586. The first-order valence-electron chi connectivity index (χ1n) is 4.78. The zero-order valence-electron chi connectivity index (χ0n) is 8.70. The van der Waals surface area contributed by atoms with E-state index in [9.17, 15) is 4.79 Å². The number of carbonyl (C=O) groups excluding carboxylic acids is 1. The van der Waals surface area contributed by atoms with Crippen molar-refractivity contribution in [3.8, 4) is 0 Å². The Labute approximate surface area is 103 Å². The van der Waals surface area contributed by atoms with Crippen molar-refractivity contribution in [1.82, 2.24) is 9.97 Å². The highest BCUT2D eigenvalue weighted by molar-refractivity contribution is 6.38. The van der Waals surface area contributed by atoms with Gasteiger partial charge in [-0.2, -0.15) is 0 Å². The van der Waals surface area contributed by atoms with Crippen molar-refractivity contribution in [2.45, 2.75) is 25.8 Å². The summed E-state index contributed by atoms with van der Waals surface area (Å²) in [7, 11) is 0. The van der Waals surface area contributed by atoms with Crippen molar-refractivity contribution in [3.05, 3.63) is 16.6 Å². The van der Waals surface area contributed by atoms with E-state index in [4.69, 9.17) is 28.9 Å². The zero-order chi connectivity index (χ0) is 12.1. The minimum absolute atomic E-state index is 0.0945. The molecule has 7 heteroatoms. The number of anilines is 1. The minimum atomic E-state index is -0.586. The van der Waals surface area contributed by atoms with Crippen LogP contribution in [0.25, 0.3) is 0 Å². The Balaban J connectivity index is 2.77. The summed E-state index contributed by atoms with van der Waals surface area (Å²) >= 11 is 11.5. The van der Waals surface area contributed by atoms with Crippen LogP contribution in [0.4, 0.5) is 5.69 Å². The maximum absolute atomic E-state index is 11.6. The Bertz CT molecular complexity index is 366. The first-order chi connectivity index (χ1) is 7.56. The number of hydrogen-bond donors (Lipinski definition) is 2. The molecule has 0 saturated carbocycles. The van der Waals surface area contributed by atoms with E-state index in [0.29, 0.717) is 6.42 Å². The molecule has 1 heterocycles. The molecule has 1 aromatic rings. The van der Waals surface area contributed by atoms with Crippen LogP contribution in [0.5, 0.6) is 0 Å². The van der Waals surface area contributed by atoms with Crippen molar-refractivity contribution in [3.63, 3.8) is 0 Å². The Morgan fingerprint density at radius 1 is 1.50 bits per heavy atom. The molecule has 1 aromatic heterocycles. The van der Waals surface area contributed by atoms with Gasteiger partial charge >= 0.3 is 0 Å². The summed E-state index contributed by atoms with van der Waals surface area (Å²) in [6.07, 6.45) is 2.63. The predicted molar refractivity (Wildman–Crippen MR) is 63.6 cm³/mol. The largest absolute Gasteiger partial charge is 0.320 e. The monoisotopic (exact) mass is 262 g/mol. The van der Waals surface area contributed by atoms with Crippen LogP contribution in [0, 0.1) is 0 Å². The molecule has 0 spiro atoms. The molecule has 0 aliphatic rings. The average molecular weight is 263 g/mol. The van der Waals surface area contributed by atoms with Gasteiger partial charge in [-0.1, -0.05) is 36.5 Å². The molecule has 0 aliphatic carbocycles. The van der Waals surface area contributed by atoms with Gasteiger partial charge in [-0.05, 0) is 6.42 Å². The highest BCUT2D eigenvalue weighted by Gasteiger charge is 2.16. The fourth-order valence-electron chi connectivity index (χ4n) is 1.11. The summed E-state index contributed by atoms with van der Waals surface area (Å²) in [5, 5.41) is 2.70. The number of amides is 1. The van der Waals surface area contributed by atoms with Crippen LogP contribution in [0.15, 0.2) is 6.33 Å². The Morgan fingerprint density at radius 3 is 2.56 bits per heavy atom. The molecule has 0 radical (unpaired) electrons. The maximum Gasteiger partial charge on any atom is 0.241 e. The van der Waals surface area contributed by atoms with Gasteiger partial charge in [-0.3, -0.25) is 4.79 Å². The van der Waals surface area contributed by atoms with Gasteiger partial charge in [0.1, 0.15) is 12.0 Å². The molecule has 88 valence electrons. The lowest BCUT2D eigenvalue weighted by Gasteiger charge is -2.12. The van der Waals surface area contributed by atoms with Gasteiger partial charge in [0.2, 0.25) is 5.91 Å². The van der Waals surface area contributed by atoms with Gasteiger partial charge < -0.3 is 11.1 Å². The van der Waals surface area contributed by atoms with Crippen LogP contribution in [-0.4, -0.2) is 21.9 Å². The predicted octanol–water partition coefficient (Wildman–Crippen LogP) is 1.85. The van der Waals surface area contributed by atoms with E-state index >= 15 is 0 Å². The van der Waals surface area contributed by atoms with E-state index in [0.717, 1.165) is 6.42 Å². The number of rotatable bonds is 4. The zero-order valence-corrected chi connectivity index (χ0v) is 10.2. The molecule has 16 heavy (non-hydrogen) atoms. The average Bonchev–Trinajstić information content (AvgIpc) is 2.23. The second kappa shape index (κ2) is 5.98. The summed E-state index contributed by atoms with van der Waals surface area (Å²) in [5.41, 5.74) is 5.83. The highest BCUT2D eigenvalue weighted by Crippen LogP contribution is 2.25. The highest BCUT2D eigenvalue weighted by atomic mass is 35.5. The van der Waals surface area contributed by atoms with Gasteiger partial charge in [0.15, 0.2) is 10.3 Å². The van der Waals surface area contributed by atoms with Crippen LogP contribution in [0.3, 0.4) is 0 Å². The molecule has 0 aliphatic heterocycles. The molecule has 1 atom stereocenters. The molecule has 3 N–H and O–H groups in total. The van der Waals surface area contributed by atoms with E-state index in [2.05, 4.69) is 15.3 Å². The van der Waals surface area contributed by atoms with Crippen molar-refractivity contribution in [2.24, 2.45) is 5.73 Å². The molecule has 0 saturated heterocycles. The van der Waals surface area contributed by atoms with Crippen molar-refractivity contribution >= 4 is 34.8 Å². The lowest BCUT2D eigenvalue weighted by atomic mass is 10.2. The second-order valence-electron chi connectivity index (χ2n) is 3.21. The van der Waals surface area contributed by atoms with Crippen LogP contribution in [0.1, 0.15) is 19.8 Å². The fourth-order valence-corrected chi connectivity index (χ4v) is 1.51. The van der Waals surface area contributed by atoms with E-state index < -0.39 is 6.04 Å². The molecular weight excluding hydrogens is 251 g/mol. The third-order valence-electron chi connectivity index (χ3n) is 1.94. The van der Waals surface area contributed by atoms with Gasteiger partial charge in [0.25, 0.3) is 0 Å². The third-order valence-corrected chi connectivity index (χ3v) is 2.51. The van der Waals surface area contributed by atoms with Crippen molar-refractivity contribution in [1.29, 1.82) is 0 Å². The lowest BCUT2D eigenvalue weighted by Crippen LogP contribution is -2.35. The normalized spacial score (nSPS) is 12.2. The molecule has 1 unspecified atom stereocenters. The second-order valence-corrected chi connectivity index (χ2v) is 3.93. The smallest absolute Gasteiger partial charge is 0.241 e. The number of halogens is 2. The molecule has 1 rings (SSSR count). The first kappa shape index (κ1) is 13.2. The number of carbonyl (C=O) groups is 1. The van der Waals surface area contributed by atoms with Gasteiger partial charge in [-0.15, -0.1) is 0 Å². The number of nitrogens with one attached hydrogen (secondary N) is 1. The van der Waals surface area contributed by atoms with Crippen molar-refractivity contribution < 1.29 is 4.79 Å². The summed E-state index contributed by atoms with van der Waals surface area (Å²) in [4.78, 5) is 19.0. The maximum atomic E-state index is 11.6. The number of nitrogens with zero attached hydrogens (tertiary/aromatic N) is 2. The molecule has 0 fully saturated rings. The molecule has 0 aromatic carbocycles. The fraction of sp³-hybridized carbons (Fsp3) is 0.444. The van der Waals surface area contributed by atoms with Gasteiger partial charge in [0, 0.05) is 0 Å². The van der Waals surface area contributed by atoms with Crippen LogP contribution < -0.4 is 11.1 Å². The number of nitrogens with two attached hydrogens (primary N) is 1. The van der Waals surface area contributed by atoms with E-state index in [-0.39, 0.29) is 21.9 Å². The lowest BCUT2D eigenvalue weighted by molar-refractivity contribution is -0.117. The third kappa shape index (κ3) is 3.30. The molecular formula is C9H12Cl2N4O. The first-order valence-corrected chi connectivity index (χ1v) is 5.54. The summed E-state index contributed by atoms with van der Waals surface area (Å²) in [5.74, 6) is -0.347. The van der Waals surface area contributed by atoms with E-state index in [1.807, 2.05) is 6.92 Å². The van der Waals surface area contributed by atoms with Crippen LogP contribution in [-0.2, 0) is 4.79 Å². The SMILES string of the molecule is CCCC(N)C(=O)Nc1c(Cl)ncnc1Cl. The quantitative estimate of drug-likeness (QED) is 0.812. The Kier molecular flexibility index (Phi) is 4.92. The minimum Gasteiger partial charge on any atom is -0.320 e. The summed E-state index contributed by atoms with van der Waals surface area (Å²) < 4.78 is 0. The van der Waals surface area contributed by atoms with E-state index in [1.165, 1.54) is 6.33 Å². The number of aromatic nitrogens is 2. The summed E-state index contributed by atoms with van der Waals surface area (Å²) in [6.45, 7) is 1.94. The van der Waals surface area contributed by atoms with E-state index in [1.54, 1.807) is 0 Å². The molecule has 1 amide bonds. The van der Waals surface area contributed by atoms with Crippen LogP contribution in [0.2, 0.25) is 10.3 Å².